The van der Waals surface area contributed by atoms with Gasteiger partial charge in [-0.15, -0.1) is 22.7 Å². The largest absolute Gasteiger partial charge is 0.250 e. The Hall–Kier alpha value is -0.470. The Balaban J connectivity index is 1.99. The van der Waals surface area contributed by atoms with Crippen LogP contribution in [0.1, 0.15) is 11.3 Å². The quantitative estimate of drug-likeness (QED) is 0.920. The number of rotatable bonds is 5. The van der Waals surface area contributed by atoms with Gasteiger partial charge in [0.1, 0.15) is 4.21 Å². The summed E-state index contributed by atoms with van der Waals surface area (Å²) in [6.45, 7) is 2.12. The number of halogens is 1. The van der Waals surface area contributed by atoms with Gasteiger partial charge >= 0.3 is 0 Å². The molecule has 18 heavy (non-hydrogen) atoms. The number of aromatic nitrogens is 1. The number of sulfonamides is 1. The number of aryl methyl sites for hydroxylation is 1. The molecule has 0 saturated carbocycles. The number of thiophene rings is 1. The molecule has 2 aromatic rings. The van der Waals surface area contributed by atoms with Gasteiger partial charge < -0.3 is 0 Å². The van der Waals surface area contributed by atoms with Crippen LogP contribution in [0.5, 0.6) is 0 Å². The van der Waals surface area contributed by atoms with E-state index in [1.165, 1.54) is 11.3 Å². The van der Waals surface area contributed by atoms with E-state index in [2.05, 4.69) is 9.71 Å². The monoisotopic (exact) mass is 322 g/mol. The Morgan fingerprint density at radius 1 is 1.50 bits per heavy atom. The number of hydrogen-bond acceptors (Lipinski definition) is 5. The van der Waals surface area contributed by atoms with E-state index < -0.39 is 10.0 Å². The van der Waals surface area contributed by atoms with Crippen molar-refractivity contribution in [3.05, 3.63) is 32.6 Å². The zero-order valence-corrected chi connectivity index (χ0v) is 12.7. The van der Waals surface area contributed by atoms with Crippen molar-refractivity contribution >= 4 is 44.3 Å². The summed E-state index contributed by atoms with van der Waals surface area (Å²) in [5.74, 6) is 0. The second kappa shape index (κ2) is 5.66. The minimum Gasteiger partial charge on any atom is -0.250 e. The minimum absolute atomic E-state index is 0.253. The molecule has 0 spiro atoms. The number of thiazole rings is 1. The van der Waals surface area contributed by atoms with Crippen LogP contribution in [0.15, 0.2) is 21.2 Å². The Bertz CT molecular complexity index is 600. The molecular weight excluding hydrogens is 312 g/mol. The highest BCUT2D eigenvalue weighted by molar-refractivity contribution is 7.91. The molecule has 0 saturated heterocycles. The van der Waals surface area contributed by atoms with E-state index in [0.717, 1.165) is 22.6 Å². The van der Waals surface area contributed by atoms with Crippen LogP contribution in [0, 0.1) is 6.92 Å². The maximum absolute atomic E-state index is 11.9. The number of hydrogen-bond donors (Lipinski definition) is 1. The van der Waals surface area contributed by atoms with Crippen LogP contribution < -0.4 is 4.72 Å². The summed E-state index contributed by atoms with van der Waals surface area (Å²) < 4.78 is 27.2. The molecule has 0 bridgehead atoms. The standard InChI is InChI=1S/C10H11ClN2O2S3/c1-7-4-9(17-10(7)11)18(14,15)13-3-2-8-5-16-6-12-8/h4-6,13H,2-3H2,1H3. The average Bonchev–Trinajstić information content (AvgIpc) is 2.90. The van der Waals surface area contributed by atoms with E-state index in [-0.39, 0.29) is 4.21 Å². The van der Waals surface area contributed by atoms with Crippen LogP contribution in [-0.4, -0.2) is 19.9 Å². The first kappa shape index (κ1) is 14.0. The van der Waals surface area contributed by atoms with E-state index in [9.17, 15) is 8.42 Å². The molecule has 0 atom stereocenters. The van der Waals surface area contributed by atoms with Gasteiger partial charge in [0.15, 0.2) is 0 Å². The van der Waals surface area contributed by atoms with Crippen LogP contribution in [0.2, 0.25) is 4.34 Å². The summed E-state index contributed by atoms with van der Waals surface area (Å²) in [5.41, 5.74) is 3.40. The van der Waals surface area contributed by atoms with Crippen molar-refractivity contribution in [3.8, 4) is 0 Å². The second-order valence-corrected chi connectivity index (χ2v) is 8.02. The van der Waals surface area contributed by atoms with Gasteiger partial charge in [-0.2, -0.15) is 0 Å². The van der Waals surface area contributed by atoms with Crippen LogP contribution in [-0.2, 0) is 16.4 Å². The van der Waals surface area contributed by atoms with Crippen LogP contribution in [0.4, 0.5) is 0 Å². The highest BCUT2D eigenvalue weighted by atomic mass is 35.5. The van der Waals surface area contributed by atoms with E-state index in [0.29, 0.717) is 17.3 Å². The van der Waals surface area contributed by atoms with Crippen LogP contribution in [0.25, 0.3) is 0 Å². The van der Waals surface area contributed by atoms with Crippen molar-refractivity contribution < 1.29 is 8.42 Å². The first-order valence-electron chi connectivity index (χ1n) is 5.12. The Kier molecular flexibility index (Phi) is 4.39. The zero-order valence-electron chi connectivity index (χ0n) is 9.51. The summed E-state index contributed by atoms with van der Waals surface area (Å²) in [7, 11) is -3.46. The molecular formula is C10H11ClN2O2S3. The first-order valence-corrected chi connectivity index (χ1v) is 8.74. The van der Waals surface area contributed by atoms with Gasteiger partial charge in [0.05, 0.1) is 15.5 Å². The van der Waals surface area contributed by atoms with Gasteiger partial charge in [-0.1, -0.05) is 11.6 Å². The molecule has 2 heterocycles. The van der Waals surface area contributed by atoms with Crippen molar-refractivity contribution in [2.45, 2.75) is 17.6 Å². The van der Waals surface area contributed by atoms with Gasteiger partial charge in [0.25, 0.3) is 0 Å². The molecule has 0 amide bonds. The minimum atomic E-state index is -3.46. The fraction of sp³-hybridized carbons (Fsp3) is 0.300. The van der Waals surface area contributed by atoms with Crippen molar-refractivity contribution in [1.29, 1.82) is 0 Å². The third-order valence-electron chi connectivity index (χ3n) is 2.26. The van der Waals surface area contributed by atoms with Crippen molar-refractivity contribution in [3.63, 3.8) is 0 Å². The highest BCUT2D eigenvalue weighted by Gasteiger charge is 2.17. The number of nitrogens with one attached hydrogen (secondary N) is 1. The summed E-state index contributed by atoms with van der Waals surface area (Å²) in [4.78, 5) is 4.09. The second-order valence-electron chi connectivity index (χ2n) is 3.65. The van der Waals surface area contributed by atoms with Crippen LogP contribution in [0.3, 0.4) is 0 Å². The lowest BCUT2D eigenvalue weighted by Gasteiger charge is -2.02. The zero-order chi connectivity index (χ0) is 13.2. The lowest BCUT2D eigenvalue weighted by Crippen LogP contribution is -2.25. The molecule has 0 radical (unpaired) electrons. The van der Waals surface area contributed by atoms with E-state index >= 15 is 0 Å². The molecule has 1 N–H and O–H groups in total. The number of nitrogens with zero attached hydrogens (tertiary/aromatic N) is 1. The maximum Gasteiger partial charge on any atom is 0.250 e. The summed E-state index contributed by atoms with van der Waals surface area (Å²) in [6, 6.07) is 1.58. The Labute approximate surface area is 119 Å². The molecule has 0 aliphatic rings. The SMILES string of the molecule is Cc1cc(S(=O)(=O)NCCc2cscn2)sc1Cl. The predicted octanol–water partition coefficient (Wildman–Crippen LogP) is 2.69. The van der Waals surface area contributed by atoms with Gasteiger partial charge in [-0.3, -0.25) is 0 Å². The molecule has 0 unspecified atom stereocenters. The molecule has 0 aliphatic heterocycles. The molecule has 98 valence electrons. The normalized spacial score (nSPS) is 11.9. The first-order chi connectivity index (χ1) is 8.49. The summed E-state index contributed by atoms with van der Waals surface area (Å²) in [5, 5.41) is 1.90. The third-order valence-corrected chi connectivity index (χ3v) is 6.38. The lowest BCUT2D eigenvalue weighted by atomic mass is 10.3. The predicted molar refractivity (Wildman–Crippen MR) is 75.1 cm³/mol. The summed E-state index contributed by atoms with van der Waals surface area (Å²) in [6.07, 6.45) is 0.584. The van der Waals surface area contributed by atoms with Gasteiger partial charge in [-0.25, -0.2) is 18.1 Å². The summed E-state index contributed by atoms with van der Waals surface area (Å²) >= 11 is 8.43. The smallest absolute Gasteiger partial charge is 0.250 e. The Morgan fingerprint density at radius 3 is 2.83 bits per heavy atom. The van der Waals surface area contributed by atoms with Gasteiger partial charge in [0, 0.05) is 18.3 Å². The third kappa shape index (κ3) is 3.30. The fourth-order valence-electron chi connectivity index (χ4n) is 1.31. The van der Waals surface area contributed by atoms with E-state index in [4.69, 9.17) is 11.6 Å². The van der Waals surface area contributed by atoms with Crippen molar-refractivity contribution in [2.24, 2.45) is 0 Å². The molecule has 4 nitrogen and oxygen atoms in total. The molecule has 2 rings (SSSR count). The van der Waals surface area contributed by atoms with Crippen molar-refractivity contribution in [1.82, 2.24) is 9.71 Å². The molecule has 8 heteroatoms. The lowest BCUT2D eigenvalue weighted by molar-refractivity contribution is 0.583. The van der Waals surface area contributed by atoms with E-state index in [1.807, 2.05) is 5.38 Å². The van der Waals surface area contributed by atoms with Gasteiger partial charge in [0.2, 0.25) is 10.0 Å². The van der Waals surface area contributed by atoms with Gasteiger partial charge in [-0.05, 0) is 18.6 Å². The average molecular weight is 323 g/mol. The topological polar surface area (TPSA) is 59.1 Å². The fourth-order valence-corrected chi connectivity index (χ4v) is 4.69. The maximum atomic E-state index is 11.9. The van der Waals surface area contributed by atoms with Crippen LogP contribution >= 0.6 is 34.3 Å². The molecule has 0 aliphatic carbocycles. The van der Waals surface area contributed by atoms with E-state index in [1.54, 1.807) is 18.5 Å². The highest BCUT2D eigenvalue weighted by Crippen LogP contribution is 2.29. The molecule has 0 fully saturated rings. The van der Waals surface area contributed by atoms with Crippen molar-refractivity contribution in [2.75, 3.05) is 6.54 Å². The molecule has 0 aromatic carbocycles. The Morgan fingerprint density at radius 2 is 2.28 bits per heavy atom. The molecule has 2 aromatic heterocycles.